The average Bonchev–Trinajstić information content (AvgIpc) is 3.39. The minimum absolute atomic E-state index is 0.0114. The van der Waals surface area contributed by atoms with Crippen molar-refractivity contribution in [1.29, 1.82) is 0 Å². The highest BCUT2D eigenvalue weighted by atomic mass is 32.2. The van der Waals surface area contributed by atoms with Crippen molar-refractivity contribution in [1.82, 2.24) is 0 Å². The van der Waals surface area contributed by atoms with E-state index < -0.39 is 36.7 Å². The fraction of sp³-hybridized carbons (Fsp3) is 0.0278. The van der Waals surface area contributed by atoms with Gasteiger partial charge in [0.1, 0.15) is 32.8 Å². The summed E-state index contributed by atoms with van der Waals surface area (Å²) in [6.45, 7) is 0. The first kappa shape index (κ1) is 34.6. The average molecular weight is 769 g/mol. The molecule has 0 fully saturated rings. The van der Waals surface area contributed by atoms with E-state index in [0.29, 0.717) is 22.3 Å². The van der Waals surface area contributed by atoms with E-state index in [-0.39, 0.29) is 50.4 Å². The fourth-order valence-electron chi connectivity index (χ4n) is 6.05. The summed E-state index contributed by atoms with van der Waals surface area (Å²) in [6.07, 6.45) is 2.59. The molecule has 0 saturated heterocycles. The summed E-state index contributed by atoms with van der Waals surface area (Å²) in [5, 5.41) is 14.6. The van der Waals surface area contributed by atoms with Crippen LogP contribution in [0.15, 0.2) is 117 Å². The molecule has 0 bridgehead atoms. The number of aliphatic imine (C=N–C) groups is 2. The minimum Gasteiger partial charge on any atom is -0.508 e. The van der Waals surface area contributed by atoms with Crippen LogP contribution in [0.25, 0.3) is 12.2 Å². The smallest absolute Gasteiger partial charge is 0.340 e. The molecule has 0 aliphatic carbocycles. The molecule has 258 valence electrons. The first-order valence-corrected chi connectivity index (χ1v) is 18.5. The van der Waals surface area contributed by atoms with Crippen LogP contribution in [-0.2, 0) is 30.6 Å². The predicted molar refractivity (Wildman–Crippen MR) is 195 cm³/mol. The lowest BCUT2D eigenvalue weighted by Gasteiger charge is -2.36. The lowest BCUT2D eigenvalue weighted by atomic mass is 9.77. The number of fused-ring (bicyclic) bond motifs is 6. The standard InChI is InChI=1S/C36H20N2O10S4/c39-25-11-13-29-31(17-25)46-32-18-26(12-14-30(32)36(29)28-4-2-1-3-27(28)35(40)47-36)48-52(44,45)34-16-24(38-20-50)10-8-22(34)6-5-21-7-9-23(37-19-49)15-33(21)51(41,42)43/h1-18,39H,(H,41,42,43). The molecule has 0 radical (unpaired) electrons. The Morgan fingerprint density at radius 3 is 1.98 bits per heavy atom. The normalized spacial score (nSPS) is 15.8. The summed E-state index contributed by atoms with van der Waals surface area (Å²) in [7, 11) is -9.41. The molecule has 2 aliphatic heterocycles. The van der Waals surface area contributed by atoms with Gasteiger partial charge in [0, 0.05) is 28.8 Å². The molecule has 2 aliphatic rings. The van der Waals surface area contributed by atoms with E-state index in [1.807, 2.05) is 0 Å². The number of nitrogens with zero attached hydrogens (tertiary/aromatic N) is 2. The number of isothiocyanates is 2. The Labute approximate surface area is 306 Å². The van der Waals surface area contributed by atoms with Crippen LogP contribution in [-0.4, -0.2) is 42.8 Å². The number of ether oxygens (including phenoxy) is 2. The molecule has 0 aromatic heterocycles. The number of hydrogen-bond donors (Lipinski definition) is 2. The molecule has 5 aromatic carbocycles. The maximum Gasteiger partial charge on any atom is 0.340 e. The Balaban J connectivity index is 1.30. The number of phenolic OH excluding ortho intramolecular Hbond substituents is 1. The van der Waals surface area contributed by atoms with Crippen molar-refractivity contribution in [2.45, 2.75) is 15.4 Å². The largest absolute Gasteiger partial charge is 0.508 e. The number of carbonyl (C=O) groups excluding carboxylic acids is 1. The van der Waals surface area contributed by atoms with Crippen LogP contribution in [0.5, 0.6) is 23.0 Å². The summed E-state index contributed by atoms with van der Waals surface area (Å²) in [5.74, 6) is -0.618. The van der Waals surface area contributed by atoms with Gasteiger partial charge in [0.2, 0.25) is 0 Å². The van der Waals surface area contributed by atoms with E-state index >= 15 is 0 Å². The highest BCUT2D eigenvalue weighted by molar-refractivity contribution is 7.87. The van der Waals surface area contributed by atoms with Gasteiger partial charge in [-0.2, -0.15) is 26.8 Å². The van der Waals surface area contributed by atoms with Gasteiger partial charge in [0.05, 0.1) is 27.3 Å². The quantitative estimate of drug-likeness (QED) is 0.0395. The van der Waals surface area contributed by atoms with Gasteiger partial charge in [-0.15, -0.1) is 0 Å². The van der Waals surface area contributed by atoms with Crippen molar-refractivity contribution in [3.05, 3.63) is 130 Å². The van der Waals surface area contributed by atoms with Crippen LogP contribution in [0.1, 0.15) is 38.2 Å². The molecule has 2 heterocycles. The number of phenols is 1. The van der Waals surface area contributed by atoms with Crippen LogP contribution < -0.4 is 8.92 Å². The number of rotatable bonds is 8. The SMILES string of the molecule is O=C1OC2(c3ccc(O)cc3Oc3cc(OS(=O)(=O)c4cc(N=C=S)ccc4C=Cc4ccc(N=C=S)cc4S(=O)(=O)O)ccc32)c2ccccc21. The molecule has 1 spiro atoms. The zero-order valence-corrected chi connectivity index (χ0v) is 29.3. The number of aromatic hydroxyl groups is 1. The third-order valence-electron chi connectivity index (χ3n) is 8.21. The van der Waals surface area contributed by atoms with Gasteiger partial charge in [0.25, 0.3) is 10.1 Å². The highest BCUT2D eigenvalue weighted by Crippen LogP contribution is 2.57. The van der Waals surface area contributed by atoms with Crippen molar-refractivity contribution >= 4 is 84.5 Å². The van der Waals surface area contributed by atoms with E-state index in [0.717, 1.165) is 6.07 Å². The highest BCUT2D eigenvalue weighted by Gasteiger charge is 2.53. The molecule has 2 N–H and O–H groups in total. The van der Waals surface area contributed by atoms with Crippen molar-refractivity contribution in [3.8, 4) is 23.0 Å². The Morgan fingerprint density at radius 2 is 1.33 bits per heavy atom. The molecular formula is C36H20N2O10S4. The maximum absolute atomic E-state index is 13.9. The van der Waals surface area contributed by atoms with E-state index in [1.165, 1.54) is 72.8 Å². The van der Waals surface area contributed by atoms with Gasteiger partial charge >= 0.3 is 16.1 Å². The first-order chi connectivity index (χ1) is 24.8. The molecule has 12 nitrogen and oxygen atoms in total. The summed E-state index contributed by atoms with van der Waals surface area (Å²) >= 11 is 9.27. The number of benzene rings is 5. The van der Waals surface area contributed by atoms with E-state index in [4.69, 9.17) is 25.9 Å². The van der Waals surface area contributed by atoms with Gasteiger partial charge in [-0.25, -0.2) is 4.79 Å². The fourth-order valence-corrected chi connectivity index (χ4v) is 8.10. The van der Waals surface area contributed by atoms with Crippen LogP contribution in [0.3, 0.4) is 0 Å². The predicted octanol–water partition coefficient (Wildman–Crippen LogP) is 7.61. The number of carbonyl (C=O) groups is 1. The van der Waals surface area contributed by atoms with Gasteiger partial charge in [0.15, 0.2) is 5.60 Å². The first-order valence-electron chi connectivity index (χ1n) is 14.9. The molecule has 1 unspecified atom stereocenters. The van der Waals surface area contributed by atoms with E-state index in [1.54, 1.807) is 30.3 Å². The lowest BCUT2D eigenvalue weighted by molar-refractivity contribution is 0.0224. The van der Waals surface area contributed by atoms with Gasteiger partial charge in [-0.1, -0.05) is 42.5 Å². The summed E-state index contributed by atoms with van der Waals surface area (Å²) < 4.78 is 79.8. The second-order valence-corrected chi connectivity index (χ2v) is 14.5. The topological polar surface area (TPSA) is 178 Å². The van der Waals surface area contributed by atoms with E-state index in [2.05, 4.69) is 32.5 Å². The lowest BCUT2D eigenvalue weighted by Crippen LogP contribution is -2.33. The minimum atomic E-state index is -4.73. The zero-order valence-electron chi connectivity index (χ0n) is 26.1. The van der Waals surface area contributed by atoms with Crippen molar-refractivity contribution in [2.75, 3.05) is 0 Å². The molecule has 1 atom stereocenters. The Morgan fingerprint density at radius 1 is 0.731 bits per heavy atom. The van der Waals surface area contributed by atoms with Crippen LogP contribution in [0.4, 0.5) is 11.4 Å². The van der Waals surface area contributed by atoms with Crippen molar-refractivity contribution < 1.29 is 44.9 Å². The van der Waals surface area contributed by atoms with Crippen molar-refractivity contribution in [3.63, 3.8) is 0 Å². The Hall–Kier alpha value is -5.83. The zero-order chi connectivity index (χ0) is 36.8. The number of hydrogen-bond acceptors (Lipinski definition) is 13. The van der Waals surface area contributed by atoms with Crippen LogP contribution >= 0.6 is 24.4 Å². The van der Waals surface area contributed by atoms with E-state index in [9.17, 15) is 31.3 Å². The van der Waals surface area contributed by atoms with Crippen LogP contribution in [0, 0.1) is 0 Å². The third kappa shape index (κ3) is 6.10. The Bertz CT molecular complexity index is 2720. The molecular weight excluding hydrogens is 749 g/mol. The molecule has 7 rings (SSSR count). The third-order valence-corrected chi connectivity index (χ3v) is 10.6. The van der Waals surface area contributed by atoms with Gasteiger partial charge in [-0.05, 0) is 90.2 Å². The molecule has 52 heavy (non-hydrogen) atoms. The molecule has 0 saturated carbocycles. The second kappa shape index (κ2) is 13.1. The molecule has 0 amide bonds. The number of esters is 1. The van der Waals surface area contributed by atoms with Gasteiger partial charge in [-0.3, -0.25) is 4.55 Å². The molecule has 5 aromatic rings. The Kier molecular flexibility index (Phi) is 8.69. The molecule has 16 heteroatoms. The maximum atomic E-state index is 13.9. The second-order valence-electron chi connectivity index (χ2n) is 11.3. The summed E-state index contributed by atoms with van der Waals surface area (Å²) in [5.41, 5.74) is 0.535. The van der Waals surface area contributed by atoms with Crippen LogP contribution in [0.2, 0.25) is 0 Å². The number of thiocarbonyl (C=S) groups is 2. The monoisotopic (exact) mass is 768 g/mol. The summed E-state index contributed by atoms with van der Waals surface area (Å²) in [6, 6.07) is 23.3. The van der Waals surface area contributed by atoms with Crippen molar-refractivity contribution in [2.24, 2.45) is 9.98 Å². The summed E-state index contributed by atoms with van der Waals surface area (Å²) in [4.78, 5) is 19.8. The van der Waals surface area contributed by atoms with Gasteiger partial charge < -0.3 is 18.8 Å².